The Balaban J connectivity index is 2.69. The van der Waals surface area contributed by atoms with Crippen LogP contribution in [0.4, 0.5) is 0 Å². The van der Waals surface area contributed by atoms with Crippen molar-refractivity contribution in [1.29, 1.82) is 0 Å². The molecule has 4 nitrogen and oxygen atoms in total. The highest BCUT2D eigenvalue weighted by Crippen LogP contribution is 2.26. The Labute approximate surface area is 112 Å². The fourth-order valence-electron chi connectivity index (χ4n) is 1.36. The van der Waals surface area contributed by atoms with E-state index in [1.165, 1.54) is 0 Å². The molecule has 5 heteroatoms. The second kappa shape index (κ2) is 6.61. The van der Waals surface area contributed by atoms with Gasteiger partial charge in [0.1, 0.15) is 5.75 Å². The van der Waals surface area contributed by atoms with Crippen molar-refractivity contribution in [2.24, 2.45) is 0 Å². The molecule has 0 fully saturated rings. The normalized spacial score (nSPS) is 10.6. The number of ether oxygens (including phenoxy) is 1. The summed E-state index contributed by atoms with van der Waals surface area (Å²) in [4.78, 5) is 13.3. The number of aliphatic hydroxyl groups excluding tert-OH is 1. The molecule has 0 unspecified atom stereocenters. The predicted octanol–water partition coefficient (Wildman–Crippen LogP) is 2.08. The van der Waals surface area contributed by atoms with E-state index in [9.17, 15) is 9.90 Å². The molecular formula is C13H18ClNO3. The van der Waals surface area contributed by atoms with Gasteiger partial charge >= 0.3 is 0 Å². The lowest BCUT2D eigenvalue weighted by Crippen LogP contribution is -2.36. The lowest BCUT2D eigenvalue weighted by molar-refractivity contribution is -0.133. The van der Waals surface area contributed by atoms with Gasteiger partial charge in [0.15, 0.2) is 6.61 Å². The standard InChI is InChI=1S/C13H18ClNO3/c1-9(2)15(3)13(17)8-18-12-6-4-5-11(14)10(12)7-16/h4-6,9,16H,7-8H2,1-3H3. The lowest BCUT2D eigenvalue weighted by atomic mass is 10.2. The summed E-state index contributed by atoms with van der Waals surface area (Å²) in [6, 6.07) is 5.19. The Hall–Kier alpha value is -1.26. The third-order valence-electron chi connectivity index (χ3n) is 2.75. The molecule has 0 aromatic heterocycles. The molecule has 0 aliphatic carbocycles. The molecule has 1 N–H and O–H groups in total. The van der Waals surface area contributed by atoms with Crippen LogP contribution >= 0.6 is 11.6 Å². The van der Waals surface area contributed by atoms with Crippen molar-refractivity contribution in [3.63, 3.8) is 0 Å². The number of hydrogen-bond donors (Lipinski definition) is 1. The molecular weight excluding hydrogens is 254 g/mol. The highest BCUT2D eigenvalue weighted by molar-refractivity contribution is 6.31. The van der Waals surface area contributed by atoms with Gasteiger partial charge in [-0.05, 0) is 26.0 Å². The van der Waals surface area contributed by atoms with Crippen LogP contribution in [0.3, 0.4) is 0 Å². The van der Waals surface area contributed by atoms with Gasteiger partial charge in [-0.15, -0.1) is 0 Å². The monoisotopic (exact) mass is 271 g/mol. The van der Waals surface area contributed by atoms with Gasteiger partial charge in [-0.1, -0.05) is 17.7 Å². The van der Waals surface area contributed by atoms with Crippen molar-refractivity contribution in [3.05, 3.63) is 28.8 Å². The summed E-state index contributed by atoms with van der Waals surface area (Å²) in [5.74, 6) is 0.323. The van der Waals surface area contributed by atoms with E-state index in [0.717, 1.165) is 0 Å². The molecule has 0 saturated carbocycles. The summed E-state index contributed by atoms with van der Waals surface area (Å²) < 4.78 is 5.41. The summed E-state index contributed by atoms with van der Waals surface area (Å²) in [5, 5.41) is 9.63. The van der Waals surface area contributed by atoms with Crippen LogP contribution in [-0.2, 0) is 11.4 Å². The average molecular weight is 272 g/mol. The van der Waals surface area contributed by atoms with E-state index in [4.69, 9.17) is 16.3 Å². The SMILES string of the molecule is CC(C)N(C)C(=O)COc1cccc(Cl)c1CO. The third kappa shape index (κ3) is 3.62. The number of benzene rings is 1. The maximum absolute atomic E-state index is 11.7. The number of likely N-dealkylation sites (N-methyl/N-ethyl adjacent to an activating group) is 1. The van der Waals surface area contributed by atoms with Crippen LogP contribution in [0, 0.1) is 0 Å². The predicted molar refractivity (Wildman–Crippen MR) is 70.8 cm³/mol. The van der Waals surface area contributed by atoms with E-state index >= 15 is 0 Å². The number of amides is 1. The minimum Gasteiger partial charge on any atom is -0.483 e. The minimum atomic E-state index is -0.219. The quantitative estimate of drug-likeness (QED) is 0.892. The van der Waals surface area contributed by atoms with Crippen molar-refractivity contribution in [2.75, 3.05) is 13.7 Å². The number of aliphatic hydroxyl groups is 1. The van der Waals surface area contributed by atoms with Crippen molar-refractivity contribution in [1.82, 2.24) is 4.90 Å². The zero-order chi connectivity index (χ0) is 13.7. The number of hydrogen-bond acceptors (Lipinski definition) is 3. The molecule has 0 saturated heterocycles. The molecule has 18 heavy (non-hydrogen) atoms. The molecule has 0 aliphatic heterocycles. The van der Waals surface area contributed by atoms with E-state index in [1.54, 1.807) is 30.1 Å². The van der Waals surface area contributed by atoms with Gasteiger partial charge in [0.2, 0.25) is 0 Å². The largest absolute Gasteiger partial charge is 0.483 e. The van der Waals surface area contributed by atoms with Crippen LogP contribution in [0.5, 0.6) is 5.75 Å². The summed E-state index contributed by atoms with van der Waals surface area (Å²) in [6.45, 7) is 3.57. The van der Waals surface area contributed by atoms with E-state index in [1.807, 2.05) is 13.8 Å². The summed E-state index contributed by atoms with van der Waals surface area (Å²) >= 11 is 5.92. The molecule has 100 valence electrons. The lowest BCUT2D eigenvalue weighted by Gasteiger charge is -2.21. The van der Waals surface area contributed by atoms with Gasteiger partial charge < -0.3 is 14.7 Å². The van der Waals surface area contributed by atoms with E-state index in [0.29, 0.717) is 16.3 Å². The zero-order valence-electron chi connectivity index (χ0n) is 10.8. The van der Waals surface area contributed by atoms with Gasteiger partial charge in [0.05, 0.1) is 6.61 Å². The number of nitrogens with zero attached hydrogens (tertiary/aromatic N) is 1. The Morgan fingerprint density at radius 1 is 1.50 bits per heavy atom. The Morgan fingerprint density at radius 2 is 2.17 bits per heavy atom. The number of carbonyl (C=O) groups is 1. The maximum Gasteiger partial charge on any atom is 0.260 e. The van der Waals surface area contributed by atoms with E-state index in [2.05, 4.69) is 0 Å². The van der Waals surface area contributed by atoms with Crippen molar-refractivity contribution >= 4 is 17.5 Å². The summed E-state index contributed by atoms with van der Waals surface area (Å²) in [5.41, 5.74) is 0.499. The fourth-order valence-corrected chi connectivity index (χ4v) is 1.58. The molecule has 1 aromatic rings. The van der Waals surface area contributed by atoms with E-state index in [-0.39, 0.29) is 25.2 Å². The van der Waals surface area contributed by atoms with Crippen molar-refractivity contribution in [2.45, 2.75) is 26.5 Å². The Kier molecular flexibility index (Phi) is 5.44. The molecule has 0 bridgehead atoms. The summed E-state index contributed by atoms with van der Waals surface area (Å²) in [6.07, 6.45) is 0. The Morgan fingerprint density at radius 3 is 2.72 bits per heavy atom. The summed E-state index contributed by atoms with van der Waals surface area (Å²) in [7, 11) is 1.72. The van der Waals surface area contributed by atoms with Crippen molar-refractivity contribution < 1.29 is 14.6 Å². The van der Waals surface area contributed by atoms with Crippen LogP contribution in [0.25, 0.3) is 0 Å². The Bertz CT molecular complexity index is 421. The number of rotatable bonds is 5. The van der Waals surface area contributed by atoms with Crippen LogP contribution in [0.15, 0.2) is 18.2 Å². The first-order valence-corrected chi connectivity index (χ1v) is 6.11. The number of halogens is 1. The molecule has 0 spiro atoms. The molecule has 1 aromatic carbocycles. The third-order valence-corrected chi connectivity index (χ3v) is 3.11. The van der Waals surface area contributed by atoms with Gasteiger partial charge in [-0.25, -0.2) is 0 Å². The van der Waals surface area contributed by atoms with Crippen LogP contribution in [0.2, 0.25) is 5.02 Å². The molecule has 0 atom stereocenters. The maximum atomic E-state index is 11.7. The average Bonchev–Trinajstić information content (AvgIpc) is 2.34. The second-order valence-corrected chi connectivity index (χ2v) is 4.67. The van der Waals surface area contributed by atoms with Crippen LogP contribution < -0.4 is 4.74 Å². The second-order valence-electron chi connectivity index (χ2n) is 4.26. The topological polar surface area (TPSA) is 49.8 Å². The van der Waals surface area contributed by atoms with Crippen LogP contribution in [0.1, 0.15) is 19.4 Å². The molecule has 1 rings (SSSR count). The first-order chi connectivity index (χ1) is 8.47. The number of carbonyl (C=O) groups excluding carboxylic acids is 1. The van der Waals surface area contributed by atoms with E-state index < -0.39 is 0 Å². The van der Waals surface area contributed by atoms with Gasteiger partial charge in [-0.2, -0.15) is 0 Å². The highest BCUT2D eigenvalue weighted by atomic mass is 35.5. The smallest absolute Gasteiger partial charge is 0.260 e. The van der Waals surface area contributed by atoms with Gasteiger partial charge in [-0.3, -0.25) is 4.79 Å². The first-order valence-electron chi connectivity index (χ1n) is 5.74. The van der Waals surface area contributed by atoms with Gasteiger partial charge in [0.25, 0.3) is 5.91 Å². The minimum absolute atomic E-state index is 0.0674. The molecule has 0 radical (unpaired) electrons. The fraction of sp³-hybridized carbons (Fsp3) is 0.462. The van der Waals surface area contributed by atoms with Crippen molar-refractivity contribution in [3.8, 4) is 5.75 Å². The zero-order valence-corrected chi connectivity index (χ0v) is 11.6. The molecule has 0 heterocycles. The van der Waals surface area contributed by atoms with Crippen LogP contribution in [-0.4, -0.2) is 35.6 Å². The highest BCUT2D eigenvalue weighted by Gasteiger charge is 2.14. The molecule has 1 amide bonds. The first kappa shape index (κ1) is 14.8. The van der Waals surface area contributed by atoms with Gasteiger partial charge in [0, 0.05) is 23.7 Å². The molecule has 0 aliphatic rings.